The lowest BCUT2D eigenvalue weighted by molar-refractivity contribution is -0.704. The molecule has 0 aliphatic carbocycles. The van der Waals surface area contributed by atoms with Crippen LogP contribution in [0.3, 0.4) is 0 Å². The van der Waals surface area contributed by atoms with Gasteiger partial charge >= 0.3 is 0 Å². The molecule has 0 saturated carbocycles. The third-order valence-corrected chi connectivity index (χ3v) is 9.10. The van der Waals surface area contributed by atoms with Gasteiger partial charge in [-0.15, -0.1) is 0 Å². The molecule has 0 aliphatic rings. The molecule has 236 valence electrons. The molecule has 0 unspecified atom stereocenters. The molecular formula is C38H75N2+. The maximum Gasteiger partial charge on any atom is 0.256 e. The first kappa shape index (κ1) is 37.2. The van der Waals surface area contributed by atoms with E-state index in [0.29, 0.717) is 0 Å². The second-order valence-corrected chi connectivity index (χ2v) is 13.0. The zero-order chi connectivity index (χ0) is 28.8. The van der Waals surface area contributed by atoms with E-state index >= 15 is 0 Å². The number of unbranched alkanes of at least 4 members (excludes halogenated alkanes) is 26. The summed E-state index contributed by atoms with van der Waals surface area (Å²) >= 11 is 0. The van der Waals surface area contributed by atoms with Gasteiger partial charge < -0.3 is 0 Å². The molecule has 0 aromatic carbocycles. The molecule has 2 nitrogen and oxygen atoms in total. The summed E-state index contributed by atoms with van der Waals surface area (Å²) in [5.74, 6) is 1.62. The highest BCUT2D eigenvalue weighted by Crippen LogP contribution is 2.15. The Morgan fingerprint density at radius 2 is 0.775 bits per heavy atom. The monoisotopic (exact) mass is 560 g/mol. The Morgan fingerprint density at radius 1 is 0.425 bits per heavy atom. The van der Waals surface area contributed by atoms with Crippen molar-refractivity contribution in [3.8, 4) is 0 Å². The van der Waals surface area contributed by atoms with Crippen LogP contribution in [0.2, 0.25) is 0 Å². The third-order valence-electron chi connectivity index (χ3n) is 9.10. The van der Waals surface area contributed by atoms with Crippen molar-refractivity contribution in [3.05, 3.63) is 18.2 Å². The van der Waals surface area contributed by atoms with Gasteiger partial charge in [0.05, 0.1) is 13.1 Å². The number of aryl methyl sites for hydroxylation is 2. The second-order valence-electron chi connectivity index (χ2n) is 13.0. The van der Waals surface area contributed by atoms with Gasteiger partial charge in [-0.1, -0.05) is 175 Å². The molecule has 1 heterocycles. The van der Waals surface area contributed by atoms with Crippen LogP contribution in [0.25, 0.3) is 0 Å². The standard InChI is InChI=1S/C38H75N2/c1-4-7-10-13-16-17-18-19-20-21-22-23-24-27-30-33-38-39(34-31-28-25-14-11-8-5-2)36-37-40(38)35-32-29-26-15-12-9-6-3/h36-37H,4-35H2,1-3H3/q+1. The van der Waals surface area contributed by atoms with Gasteiger partial charge in [0.1, 0.15) is 12.4 Å². The molecule has 0 saturated heterocycles. The summed E-state index contributed by atoms with van der Waals surface area (Å²) in [5, 5.41) is 0. The van der Waals surface area contributed by atoms with Crippen molar-refractivity contribution < 1.29 is 4.57 Å². The molecule has 1 rings (SSSR count). The van der Waals surface area contributed by atoms with Gasteiger partial charge in [0, 0.05) is 6.42 Å². The Balaban J connectivity index is 2.24. The van der Waals surface area contributed by atoms with Crippen LogP contribution in [-0.4, -0.2) is 4.57 Å². The Morgan fingerprint density at radius 3 is 1.20 bits per heavy atom. The van der Waals surface area contributed by atoms with E-state index in [1.807, 2.05) is 0 Å². The highest BCUT2D eigenvalue weighted by molar-refractivity contribution is 4.84. The fourth-order valence-electron chi connectivity index (χ4n) is 6.33. The fourth-order valence-corrected chi connectivity index (χ4v) is 6.33. The predicted octanol–water partition coefficient (Wildman–Crippen LogP) is 12.7. The molecule has 0 aliphatic heterocycles. The average molecular weight is 560 g/mol. The topological polar surface area (TPSA) is 8.81 Å². The lowest BCUT2D eigenvalue weighted by atomic mass is 10.0. The molecule has 2 heteroatoms. The molecule has 0 radical (unpaired) electrons. The van der Waals surface area contributed by atoms with Crippen LogP contribution in [0.15, 0.2) is 12.4 Å². The molecule has 0 bridgehead atoms. The molecule has 0 spiro atoms. The smallest absolute Gasteiger partial charge is 0.234 e. The number of nitrogens with zero attached hydrogens (tertiary/aromatic N) is 2. The molecule has 0 atom stereocenters. The lowest BCUT2D eigenvalue weighted by Gasteiger charge is -2.07. The minimum absolute atomic E-state index is 1.23. The molecule has 1 aromatic heterocycles. The SMILES string of the molecule is CCCCCCCCCCCCCCCCCc1n(CCCCCCCCC)cc[n+]1CCCCCCCCC. The molecule has 1 aromatic rings. The summed E-state index contributed by atoms with van der Waals surface area (Å²) in [7, 11) is 0. The van der Waals surface area contributed by atoms with Crippen molar-refractivity contribution in [2.24, 2.45) is 0 Å². The van der Waals surface area contributed by atoms with Crippen LogP contribution in [0.4, 0.5) is 0 Å². The number of aromatic nitrogens is 2. The third kappa shape index (κ3) is 21.9. The molecule has 40 heavy (non-hydrogen) atoms. The Bertz CT molecular complexity index is 584. The summed E-state index contributed by atoms with van der Waals surface area (Å²) in [6.07, 6.45) is 47.4. The van der Waals surface area contributed by atoms with Crippen molar-refractivity contribution in [1.29, 1.82) is 0 Å². The molecule has 0 N–H and O–H groups in total. The van der Waals surface area contributed by atoms with E-state index in [-0.39, 0.29) is 0 Å². The van der Waals surface area contributed by atoms with Gasteiger partial charge in [-0.3, -0.25) is 0 Å². The molecular weight excluding hydrogens is 484 g/mol. The van der Waals surface area contributed by atoms with Crippen LogP contribution < -0.4 is 4.57 Å². The van der Waals surface area contributed by atoms with E-state index in [9.17, 15) is 0 Å². The second kappa shape index (κ2) is 29.7. The molecule has 0 amide bonds. The summed E-state index contributed by atoms with van der Waals surface area (Å²) in [5.41, 5.74) is 0. The van der Waals surface area contributed by atoms with Gasteiger partial charge in [0.15, 0.2) is 0 Å². The minimum atomic E-state index is 1.23. The van der Waals surface area contributed by atoms with Crippen LogP contribution >= 0.6 is 0 Å². The summed E-state index contributed by atoms with van der Waals surface area (Å²) in [4.78, 5) is 0. The quantitative estimate of drug-likeness (QED) is 0.0613. The molecule has 0 fully saturated rings. The zero-order valence-corrected chi connectivity index (χ0v) is 28.2. The summed E-state index contributed by atoms with van der Waals surface area (Å²) in [6.45, 7) is 9.39. The van der Waals surface area contributed by atoms with Crippen LogP contribution in [-0.2, 0) is 19.5 Å². The highest BCUT2D eigenvalue weighted by Gasteiger charge is 2.16. The van der Waals surface area contributed by atoms with Gasteiger partial charge in [-0.05, 0) is 32.1 Å². The largest absolute Gasteiger partial charge is 0.256 e. The Labute approximate surface area is 253 Å². The number of hydrogen-bond acceptors (Lipinski definition) is 0. The fraction of sp³-hybridized carbons (Fsp3) is 0.921. The van der Waals surface area contributed by atoms with Crippen LogP contribution in [0.1, 0.15) is 213 Å². The van der Waals surface area contributed by atoms with E-state index in [0.717, 1.165) is 0 Å². The van der Waals surface area contributed by atoms with Gasteiger partial charge in [0.25, 0.3) is 5.82 Å². The van der Waals surface area contributed by atoms with Crippen molar-refractivity contribution in [1.82, 2.24) is 4.57 Å². The van der Waals surface area contributed by atoms with E-state index in [4.69, 9.17) is 0 Å². The van der Waals surface area contributed by atoms with E-state index in [1.54, 1.807) is 5.82 Å². The Hall–Kier alpha value is -0.790. The normalized spacial score (nSPS) is 11.6. The number of rotatable bonds is 32. The van der Waals surface area contributed by atoms with E-state index in [2.05, 4.69) is 42.3 Å². The van der Waals surface area contributed by atoms with Gasteiger partial charge in [-0.25, -0.2) is 9.13 Å². The zero-order valence-electron chi connectivity index (χ0n) is 28.2. The van der Waals surface area contributed by atoms with E-state index in [1.165, 1.54) is 206 Å². The van der Waals surface area contributed by atoms with Crippen LogP contribution in [0, 0.1) is 0 Å². The van der Waals surface area contributed by atoms with Gasteiger partial charge in [0.2, 0.25) is 0 Å². The first-order valence-corrected chi connectivity index (χ1v) is 18.9. The summed E-state index contributed by atoms with van der Waals surface area (Å²) < 4.78 is 5.24. The number of imidazole rings is 1. The van der Waals surface area contributed by atoms with E-state index < -0.39 is 0 Å². The maximum atomic E-state index is 2.62. The summed E-state index contributed by atoms with van der Waals surface area (Å²) in [6, 6.07) is 0. The van der Waals surface area contributed by atoms with Gasteiger partial charge in [-0.2, -0.15) is 0 Å². The van der Waals surface area contributed by atoms with Crippen LogP contribution in [0.5, 0.6) is 0 Å². The van der Waals surface area contributed by atoms with Crippen molar-refractivity contribution in [2.75, 3.05) is 0 Å². The lowest BCUT2D eigenvalue weighted by Crippen LogP contribution is -2.37. The van der Waals surface area contributed by atoms with Crippen molar-refractivity contribution >= 4 is 0 Å². The predicted molar refractivity (Wildman–Crippen MR) is 179 cm³/mol. The highest BCUT2D eigenvalue weighted by atomic mass is 15.1. The average Bonchev–Trinajstić information content (AvgIpc) is 3.35. The Kier molecular flexibility index (Phi) is 27.6. The number of hydrogen-bond donors (Lipinski definition) is 0. The first-order valence-electron chi connectivity index (χ1n) is 18.9. The minimum Gasteiger partial charge on any atom is -0.234 e. The first-order chi connectivity index (χ1) is 19.8. The van der Waals surface area contributed by atoms with Crippen molar-refractivity contribution in [2.45, 2.75) is 226 Å². The van der Waals surface area contributed by atoms with Crippen molar-refractivity contribution in [3.63, 3.8) is 0 Å². The maximum absolute atomic E-state index is 2.62.